The molecule has 0 unspecified atom stereocenters. The van der Waals surface area contributed by atoms with E-state index in [4.69, 9.17) is 4.74 Å². The fourth-order valence-electron chi connectivity index (χ4n) is 3.27. The molecule has 0 spiro atoms. The molecule has 0 fully saturated rings. The van der Waals surface area contributed by atoms with Crippen LogP contribution in [0.25, 0.3) is 5.78 Å². The first-order valence-corrected chi connectivity index (χ1v) is 9.10. The second-order valence-electron chi connectivity index (χ2n) is 6.92. The fourth-order valence-corrected chi connectivity index (χ4v) is 3.27. The summed E-state index contributed by atoms with van der Waals surface area (Å²) in [5.41, 5.74) is 2.80. The van der Waals surface area contributed by atoms with Gasteiger partial charge in [0.2, 0.25) is 5.95 Å². The highest BCUT2D eigenvalue weighted by atomic mass is 16.5. The first-order valence-electron chi connectivity index (χ1n) is 9.10. The summed E-state index contributed by atoms with van der Waals surface area (Å²) < 4.78 is 7.09. The van der Waals surface area contributed by atoms with E-state index in [1.54, 1.807) is 0 Å². The van der Waals surface area contributed by atoms with Crippen LogP contribution in [0, 0.1) is 0 Å². The largest absolute Gasteiger partial charge is 0.491 e. The molecular weight excluding hydrogens is 330 g/mol. The van der Waals surface area contributed by atoms with Gasteiger partial charge < -0.3 is 10.1 Å². The van der Waals surface area contributed by atoms with Crippen LogP contribution in [0.3, 0.4) is 0 Å². The molecule has 1 aliphatic carbocycles. The average Bonchev–Trinajstić information content (AvgIpc) is 3.04. The highest BCUT2D eigenvalue weighted by Gasteiger charge is 2.18. The maximum absolute atomic E-state index is 12.6. The summed E-state index contributed by atoms with van der Waals surface area (Å²) in [7, 11) is 0. The Morgan fingerprint density at radius 2 is 1.96 bits per heavy atom. The van der Waals surface area contributed by atoms with Gasteiger partial charge in [0.15, 0.2) is 0 Å². The lowest BCUT2D eigenvalue weighted by atomic mass is 9.97. The van der Waals surface area contributed by atoms with Crippen molar-refractivity contribution < 1.29 is 4.74 Å². The quantitative estimate of drug-likeness (QED) is 0.737. The van der Waals surface area contributed by atoms with E-state index in [-0.39, 0.29) is 11.7 Å². The van der Waals surface area contributed by atoms with Crippen molar-refractivity contribution in [3.63, 3.8) is 0 Å². The zero-order chi connectivity index (χ0) is 18.1. The molecule has 0 saturated carbocycles. The lowest BCUT2D eigenvalue weighted by Gasteiger charge is -2.12. The summed E-state index contributed by atoms with van der Waals surface area (Å²) >= 11 is 0. The molecule has 3 aromatic rings. The molecule has 0 amide bonds. The first-order chi connectivity index (χ1) is 12.6. The molecular formula is C19H23N5O2. The molecule has 7 nitrogen and oxygen atoms in total. The van der Waals surface area contributed by atoms with Crippen molar-refractivity contribution in [2.75, 3.05) is 5.32 Å². The predicted octanol–water partition coefficient (Wildman–Crippen LogP) is 2.70. The van der Waals surface area contributed by atoms with Gasteiger partial charge in [-0.05, 0) is 57.2 Å². The summed E-state index contributed by atoms with van der Waals surface area (Å²) in [5.74, 6) is 1.83. The Morgan fingerprint density at radius 1 is 1.19 bits per heavy atom. The number of fused-ring (bicyclic) bond motifs is 2. The van der Waals surface area contributed by atoms with E-state index in [0.717, 1.165) is 48.3 Å². The van der Waals surface area contributed by atoms with Crippen LogP contribution in [-0.2, 0) is 19.4 Å². The lowest BCUT2D eigenvalue weighted by Crippen LogP contribution is -2.25. The number of aryl methyl sites for hydroxylation is 1. The molecule has 2 heterocycles. The topological polar surface area (TPSA) is 84.3 Å². The third kappa shape index (κ3) is 3.29. The number of ether oxygens (including phenoxy) is 1. The average molecular weight is 353 g/mol. The lowest BCUT2D eigenvalue weighted by molar-refractivity contribution is 0.242. The number of H-pyrrole nitrogens is 1. The third-order valence-electron chi connectivity index (χ3n) is 4.52. The molecule has 1 aromatic carbocycles. The number of rotatable bonds is 5. The fraction of sp³-hybridized carbons (Fsp3) is 0.421. The SMILES string of the molecule is CC(C)Oc1ccc(CNc2nc3nc4c(c(=O)n3[nH]2)CCCC4)cc1. The van der Waals surface area contributed by atoms with Crippen molar-refractivity contribution in [3.8, 4) is 5.75 Å². The summed E-state index contributed by atoms with van der Waals surface area (Å²) in [5, 5.41) is 6.24. The van der Waals surface area contributed by atoms with Crippen molar-refractivity contribution in [2.24, 2.45) is 0 Å². The molecule has 136 valence electrons. The Morgan fingerprint density at radius 3 is 2.73 bits per heavy atom. The van der Waals surface area contributed by atoms with E-state index in [0.29, 0.717) is 18.3 Å². The molecule has 0 saturated heterocycles. The molecule has 0 radical (unpaired) electrons. The van der Waals surface area contributed by atoms with Crippen molar-refractivity contribution in [3.05, 3.63) is 51.4 Å². The van der Waals surface area contributed by atoms with Crippen LogP contribution in [-0.4, -0.2) is 25.7 Å². The van der Waals surface area contributed by atoms with E-state index >= 15 is 0 Å². The van der Waals surface area contributed by atoms with Crippen LogP contribution in [0.15, 0.2) is 29.1 Å². The number of aromatic nitrogens is 4. The van der Waals surface area contributed by atoms with E-state index in [9.17, 15) is 4.79 Å². The molecule has 2 aromatic heterocycles. The highest BCUT2D eigenvalue weighted by Crippen LogP contribution is 2.17. The zero-order valence-corrected chi connectivity index (χ0v) is 15.1. The van der Waals surface area contributed by atoms with Gasteiger partial charge in [0, 0.05) is 12.1 Å². The number of anilines is 1. The van der Waals surface area contributed by atoms with Crippen molar-refractivity contribution in [2.45, 2.75) is 52.2 Å². The van der Waals surface area contributed by atoms with Crippen LogP contribution in [0.4, 0.5) is 5.95 Å². The number of nitrogens with one attached hydrogen (secondary N) is 2. The third-order valence-corrected chi connectivity index (χ3v) is 4.52. The van der Waals surface area contributed by atoms with E-state index in [2.05, 4.69) is 20.4 Å². The Kier molecular flexibility index (Phi) is 4.36. The van der Waals surface area contributed by atoms with Crippen LogP contribution < -0.4 is 15.6 Å². The maximum atomic E-state index is 12.6. The van der Waals surface area contributed by atoms with Gasteiger partial charge in [-0.15, -0.1) is 0 Å². The number of aromatic amines is 1. The minimum Gasteiger partial charge on any atom is -0.491 e. The molecule has 2 N–H and O–H groups in total. The van der Waals surface area contributed by atoms with Gasteiger partial charge in [0.05, 0.1) is 11.8 Å². The van der Waals surface area contributed by atoms with Crippen LogP contribution in [0.2, 0.25) is 0 Å². The molecule has 0 atom stereocenters. The standard InChI is InChI=1S/C19H23N5O2/c1-12(2)26-14-9-7-13(8-10-14)11-20-18-22-19-21-16-6-4-3-5-15(16)17(25)24(19)23-18/h7-10,12H,3-6,11H2,1-2H3,(H2,20,21,22,23). The van der Waals surface area contributed by atoms with Gasteiger partial charge >= 0.3 is 0 Å². The number of hydrogen-bond acceptors (Lipinski definition) is 5. The minimum atomic E-state index is -0.0274. The Balaban J connectivity index is 1.51. The maximum Gasteiger partial charge on any atom is 0.277 e. The van der Waals surface area contributed by atoms with Crippen molar-refractivity contribution >= 4 is 11.7 Å². The van der Waals surface area contributed by atoms with E-state index in [1.807, 2.05) is 38.1 Å². The van der Waals surface area contributed by atoms with Crippen LogP contribution in [0.5, 0.6) is 5.75 Å². The van der Waals surface area contributed by atoms with Gasteiger partial charge in [-0.2, -0.15) is 9.50 Å². The molecule has 0 bridgehead atoms. The van der Waals surface area contributed by atoms with Crippen molar-refractivity contribution in [1.82, 2.24) is 19.6 Å². The number of nitrogens with zero attached hydrogens (tertiary/aromatic N) is 3. The van der Waals surface area contributed by atoms with Crippen molar-refractivity contribution in [1.29, 1.82) is 0 Å². The van der Waals surface area contributed by atoms with E-state index in [1.165, 1.54) is 4.52 Å². The first kappa shape index (κ1) is 16.6. The smallest absolute Gasteiger partial charge is 0.277 e. The van der Waals surface area contributed by atoms with Crippen LogP contribution in [0.1, 0.15) is 43.5 Å². The van der Waals surface area contributed by atoms with E-state index < -0.39 is 0 Å². The molecule has 1 aliphatic rings. The Bertz CT molecular complexity index is 972. The summed E-state index contributed by atoms with van der Waals surface area (Å²) in [6.45, 7) is 4.60. The Labute approximate surface area is 151 Å². The number of benzene rings is 1. The number of hydrogen-bond donors (Lipinski definition) is 2. The molecule has 0 aliphatic heterocycles. The van der Waals surface area contributed by atoms with Gasteiger partial charge in [-0.1, -0.05) is 12.1 Å². The zero-order valence-electron chi connectivity index (χ0n) is 15.1. The molecule has 26 heavy (non-hydrogen) atoms. The Hall–Kier alpha value is -2.83. The predicted molar refractivity (Wildman–Crippen MR) is 99.8 cm³/mol. The summed E-state index contributed by atoms with van der Waals surface area (Å²) in [6.07, 6.45) is 3.96. The minimum absolute atomic E-state index is 0.0274. The molecule has 4 rings (SSSR count). The van der Waals surface area contributed by atoms with Crippen LogP contribution >= 0.6 is 0 Å². The second kappa shape index (κ2) is 6.82. The summed E-state index contributed by atoms with van der Waals surface area (Å²) in [4.78, 5) is 21.6. The monoisotopic (exact) mass is 353 g/mol. The van der Waals surface area contributed by atoms with Gasteiger partial charge in [-0.25, -0.2) is 4.98 Å². The second-order valence-corrected chi connectivity index (χ2v) is 6.92. The van der Waals surface area contributed by atoms with Gasteiger partial charge in [0.1, 0.15) is 5.75 Å². The summed E-state index contributed by atoms with van der Waals surface area (Å²) in [6, 6.07) is 7.93. The molecule has 7 heteroatoms. The normalized spacial score (nSPS) is 13.8. The highest BCUT2D eigenvalue weighted by molar-refractivity contribution is 5.40. The van der Waals surface area contributed by atoms with Gasteiger partial charge in [0.25, 0.3) is 11.3 Å². The van der Waals surface area contributed by atoms with Gasteiger partial charge in [-0.3, -0.25) is 9.89 Å².